The minimum absolute atomic E-state index is 0.0196. The van der Waals surface area contributed by atoms with Gasteiger partial charge in [-0.05, 0) is 75.0 Å². The van der Waals surface area contributed by atoms with Crippen LogP contribution in [0.3, 0.4) is 0 Å². The standard InChI is InChI=1S/C29H38N6O4/c1-21-6-5-7-25(22(21)2)26-20-35(15-18-38-26)16-19-39-29(36)33-27-12-13-30-28(32-27)31-23-8-10-24(11-9-23)37-17-14-34(3)4/h5-13,26H,14-20H2,1-4H3,(H2,30,31,32,33,36). The average Bonchev–Trinajstić information content (AvgIpc) is 2.91. The zero-order valence-corrected chi connectivity index (χ0v) is 23.1. The smallest absolute Gasteiger partial charge is 0.412 e. The maximum atomic E-state index is 12.4. The number of amides is 1. The monoisotopic (exact) mass is 534 g/mol. The van der Waals surface area contributed by atoms with Crippen molar-refractivity contribution in [3.63, 3.8) is 0 Å². The molecule has 0 radical (unpaired) electrons. The highest BCUT2D eigenvalue weighted by Gasteiger charge is 2.23. The number of likely N-dealkylation sites (N-methyl/N-ethyl adjacent to an activating group) is 1. The molecule has 1 saturated heterocycles. The minimum Gasteiger partial charge on any atom is -0.492 e. The first kappa shape index (κ1) is 28.3. The molecule has 39 heavy (non-hydrogen) atoms. The van der Waals surface area contributed by atoms with Crippen LogP contribution in [0.4, 0.5) is 22.2 Å². The van der Waals surface area contributed by atoms with E-state index >= 15 is 0 Å². The molecule has 1 aliphatic heterocycles. The Hall–Kier alpha value is -3.73. The van der Waals surface area contributed by atoms with Crippen molar-refractivity contribution in [3.05, 3.63) is 71.4 Å². The fourth-order valence-electron chi connectivity index (χ4n) is 4.22. The molecule has 1 fully saturated rings. The highest BCUT2D eigenvalue weighted by molar-refractivity contribution is 5.83. The normalized spacial score (nSPS) is 15.7. The Balaban J connectivity index is 1.21. The van der Waals surface area contributed by atoms with Gasteiger partial charge < -0.3 is 24.4 Å². The first-order chi connectivity index (χ1) is 18.9. The minimum atomic E-state index is -0.557. The fourth-order valence-corrected chi connectivity index (χ4v) is 4.22. The van der Waals surface area contributed by atoms with E-state index in [2.05, 4.69) is 62.4 Å². The van der Waals surface area contributed by atoms with E-state index in [4.69, 9.17) is 14.2 Å². The second-order valence-corrected chi connectivity index (χ2v) is 9.78. The van der Waals surface area contributed by atoms with Crippen LogP contribution in [0.1, 0.15) is 22.8 Å². The third-order valence-corrected chi connectivity index (χ3v) is 6.59. The van der Waals surface area contributed by atoms with Crippen LogP contribution in [-0.2, 0) is 9.47 Å². The van der Waals surface area contributed by atoms with Gasteiger partial charge in [-0.1, -0.05) is 18.2 Å². The van der Waals surface area contributed by atoms with Crippen LogP contribution in [0.25, 0.3) is 0 Å². The molecule has 0 saturated carbocycles. The third-order valence-electron chi connectivity index (χ3n) is 6.59. The third kappa shape index (κ3) is 8.64. The molecular weight excluding hydrogens is 496 g/mol. The van der Waals surface area contributed by atoms with Crippen LogP contribution in [0.2, 0.25) is 0 Å². The summed E-state index contributed by atoms with van der Waals surface area (Å²) in [6, 6.07) is 15.5. The molecule has 1 amide bonds. The number of aromatic nitrogens is 2. The topological polar surface area (TPSA) is 101 Å². The summed E-state index contributed by atoms with van der Waals surface area (Å²) in [5, 5.41) is 5.81. The van der Waals surface area contributed by atoms with Gasteiger partial charge in [-0.25, -0.2) is 9.78 Å². The van der Waals surface area contributed by atoms with Crippen molar-refractivity contribution in [2.45, 2.75) is 20.0 Å². The summed E-state index contributed by atoms with van der Waals surface area (Å²) < 4.78 is 17.2. The Labute approximate surface area is 230 Å². The van der Waals surface area contributed by atoms with Crippen LogP contribution in [-0.4, -0.2) is 86.0 Å². The van der Waals surface area contributed by atoms with Gasteiger partial charge in [0.05, 0.1) is 12.7 Å². The van der Waals surface area contributed by atoms with Crippen molar-refractivity contribution in [2.24, 2.45) is 0 Å². The lowest BCUT2D eigenvalue weighted by Crippen LogP contribution is -2.40. The van der Waals surface area contributed by atoms with Gasteiger partial charge in [-0.3, -0.25) is 10.2 Å². The van der Waals surface area contributed by atoms with Gasteiger partial charge in [0.25, 0.3) is 0 Å². The Kier molecular flexibility index (Phi) is 10.1. The number of carbonyl (C=O) groups is 1. The zero-order valence-electron chi connectivity index (χ0n) is 23.1. The molecule has 4 rings (SSSR count). The summed E-state index contributed by atoms with van der Waals surface area (Å²) in [4.78, 5) is 25.3. The number of hydrogen-bond acceptors (Lipinski definition) is 9. The van der Waals surface area contributed by atoms with E-state index in [1.54, 1.807) is 12.3 Å². The number of morpholine rings is 1. The van der Waals surface area contributed by atoms with Crippen molar-refractivity contribution in [3.8, 4) is 5.75 Å². The maximum Gasteiger partial charge on any atom is 0.412 e. The number of hydrogen-bond donors (Lipinski definition) is 2. The van der Waals surface area contributed by atoms with Gasteiger partial charge >= 0.3 is 6.09 Å². The maximum absolute atomic E-state index is 12.4. The first-order valence-corrected chi connectivity index (χ1v) is 13.2. The molecule has 10 heteroatoms. The molecule has 208 valence electrons. The van der Waals surface area contributed by atoms with Crippen molar-refractivity contribution in [2.75, 3.05) is 70.7 Å². The molecule has 10 nitrogen and oxygen atoms in total. The summed E-state index contributed by atoms with van der Waals surface area (Å²) in [6.45, 7) is 8.82. The van der Waals surface area contributed by atoms with E-state index in [-0.39, 0.29) is 12.7 Å². The second-order valence-electron chi connectivity index (χ2n) is 9.78. The first-order valence-electron chi connectivity index (χ1n) is 13.2. The molecule has 1 atom stereocenters. The van der Waals surface area contributed by atoms with Gasteiger partial charge in [-0.2, -0.15) is 4.98 Å². The molecule has 2 aromatic carbocycles. The predicted octanol–water partition coefficient (Wildman–Crippen LogP) is 4.40. The van der Waals surface area contributed by atoms with Gasteiger partial charge in [-0.15, -0.1) is 0 Å². The molecule has 2 N–H and O–H groups in total. The Morgan fingerprint density at radius 3 is 2.74 bits per heavy atom. The predicted molar refractivity (Wildman–Crippen MR) is 152 cm³/mol. The van der Waals surface area contributed by atoms with Crippen molar-refractivity contribution in [1.29, 1.82) is 0 Å². The summed E-state index contributed by atoms with van der Waals surface area (Å²) in [5.74, 6) is 1.50. The molecule has 3 aromatic rings. The average molecular weight is 535 g/mol. The number of carbonyl (C=O) groups excluding carboxylic acids is 1. The summed E-state index contributed by atoms with van der Waals surface area (Å²) in [5.41, 5.74) is 4.55. The lowest BCUT2D eigenvalue weighted by Gasteiger charge is -2.33. The highest BCUT2D eigenvalue weighted by Crippen LogP contribution is 2.26. The van der Waals surface area contributed by atoms with Crippen LogP contribution >= 0.6 is 0 Å². The number of anilines is 3. The van der Waals surface area contributed by atoms with Crippen LogP contribution < -0.4 is 15.4 Å². The highest BCUT2D eigenvalue weighted by atomic mass is 16.5. The van der Waals surface area contributed by atoms with E-state index < -0.39 is 6.09 Å². The summed E-state index contributed by atoms with van der Waals surface area (Å²) in [7, 11) is 4.01. The van der Waals surface area contributed by atoms with Crippen molar-refractivity contribution < 1.29 is 19.0 Å². The van der Waals surface area contributed by atoms with E-state index in [0.29, 0.717) is 31.5 Å². The van der Waals surface area contributed by atoms with Crippen molar-refractivity contribution >= 4 is 23.5 Å². The molecule has 0 bridgehead atoms. The number of benzene rings is 2. The molecular formula is C29H38N6O4. The van der Waals surface area contributed by atoms with Crippen LogP contribution in [0.5, 0.6) is 5.75 Å². The second kappa shape index (κ2) is 13.9. The molecule has 1 aromatic heterocycles. The largest absolute Gasteiger partial charge is 0.492 e. The quantitative estimate of drug-likeness (QED) is 0.371. The summed E-state index contributed by atoms with van der Waals surface area (Å²) >= 11 is 0. The molecule has 1 aliphatic rings. The van der Waals surface area contributed by atoms with Crippen LogP contribution in [0, 0.1) is 13.8 Å². The molecule has 0 spiro atoms. The SMILES string of the molecule is Cc1cccc(C2CN(CCOC(=O)Nc3ccnc(Nc4ccc(OCCN(C)C)cc4)n3)CCO2)c1C. The number of nitrogens with zero attached hydrogens (tertiary/aromatic N) is 4. The lowest BCUT2D eigenvalue weighted by molar-refractivity contribution is -0.0344. The lowest BCUT2D eigenvalue weighted by atomic mass is 9.98. The van der Waals surface area contributed by atoms with Gasteiger partial charge in [0.1, 0.15) is 24.8 Å². The zero-order chi connectivity index (χ0) is 27.6. The fraction of sp³-hybridized carbons (Fsp3) is 0.414. The Morgan fingerprint density at radius 1 is 1.13 bits per heavy atom. The Bertz CT molecular complexity index is 1220. The van der Waals surface area contributed by atoms with Crippen LogP contribution in [0.15, 0.2) is 54.7 Å². The number of nitrogens with one attached hydrogen (secondary N) is 2. The van der Waals surface area contributed by atoms with E-state index in [1.165, 1.54) is 16.7 Å². The molecule has 2 heterocycles. The van der Waals surface area contributed by atoms with Crippen molar-refractivity contribution in [1.82, 2.24) is 19.8 Å². The van der Waals surface area contributed by atoms with E-state index in [0.717, 1.165) is 31.1 Å². The number of aryl methyl sites for hydroxylation is 1. The summed E-state index contributed by atoms with van der Waals surface area (Å²) in [6.07, 6.45) is 1.04. The van der Waals surface area contributed by atoms with E-state index in [1.807, 2.05) is 38.4 Å². The molecule has 0 aliphatic carbocycles. The van der Waals surface area contributed by atoms with E-state index in [9.17, 15) is 4.79 Å². The number of ether oxygens (including phenoxy) is 3. The van der Waals surface area contributed by atoms with Gasteiger partial charge in [0.15, 0.2) is 0 Å². The Morgan fingerprint density at radius 2 is 1.95 bits per heavy atom. The molecule has 1 unspecified atom stereocenters. The van der Waals surface area contributed by atoms with Gasteiger partial charge in [0, 0.05) is 38.1 Å². The van der Waals surface area contributed by atoms with Gasteiger partial charge in [0.2, 0.25) is 5.95 Å². The number of rotatable bonds is 11.